The minimum atomic E-state index is -0.797. The van der Waals surface area contributed by atoms with E-state index >= 15 is 0 Å². The van der Waals surface area contributed by atoms with Crippen LogP contribution in [0.3, 0.4) is 0 Å². The Bertz CT molecular complexity index is 1020. The molecule has 9 nitrogen and oxygen atoms in total. The summed E-state index contributed by atoms with van der Waals surface area (Å²) in [6.45, 7) is 3.03. The zero-order chi connectivity index (χ0) is 23.8. The topological polar surface area (TPSA) is 128 Å². The SMILES string of the molecule is CCOC(=O)CC(NC(=O)CNC(=O)c1cc(C)cc([N+](=O)[O-])c1)c1cc(Cl)cc(Cl)c1. The van der Waals surface area contributed by atoms with Crippen LogP contribution in [0.15, 0.2) is 36.4 Å². The normalized spacial score (nSPS) is 11.4. The van der Waals surface area contributed by atoms with Gasteiger partial charge in [-0.2, -0.15) is 0 Å². The van der Waals surface area contributed by atoms with E-state index in [9.17, 15) is 24.5 Å². The molecule has 0 aliphatic rings. The third-order valence-electron chi connectivity index (χ3n) is 4.24. The van der Waals surface area contributed by atoms with Crippen LogP contribution < -0.4 is 10.6 Å². The lowest BCUT2D eigenvalue weighted by Crippen LogP contribution is -2.39. The van der Waals surface area contributed by atoms with Gasteiger partial charge in [0.15, 0.2) is 0 Å². The van der Waals surface area contributed by atoms with Crippen molar-refractivity contribution in [1.82, 2.24) is 10.6 Å². The largest absolute Gasteiger partial charge is 0.466 e. The van der Waals surface area contributed by atoms with Gasteiger partial charge in [-0.3, -0.25) is 24.5 Å². The van der Waals surface area contributed by atoms with Crippen molar-refractivity contribution in [3.8, 4) is 0 Å². The summed E-state index contributed by atoms with van der Waals surface area (Å²) in [6, 6.07) is 7.76. The molecule has 0 spiro atoms. The van der Waals surface area contributed by atoms with Gasteiger partial charge in [0.05, 0.1) is 30.5 Å². The summed E-state index contributed by atoms with van der Waals surface area (Å²) in [6.07, 6.45) is -0.172. The van der Waals surface area contributed by atoms with Gasteiger partial charge < -0.3 is 15.4 Å². The fraction of sp³-hybridized carbons (Fsp3) is 0.286. The molecule has 1 atom stereocenters. The van der Waals surface area contributed by atoms with Gasteiger partial charge in [-0.1, -0.05) is 23.2 Å². The highest BCUT2D eigenvalue weighted by molar-refractivity contribution is 6.34. The predicted octanol–water partition coefficient (Wildman–Crippen LogP) is 3.75. The molecule has 2 aromatic rings. The molecule has 0 aromatic heterocycles. The maximum Gasteiger partial charge on any atom is 0.308 e. The molecule has 0 aliphatic carbocycles. The Balaban J connectivity index is 2.10. The van der Waals surface area contributed by atoms with E-state index in [1.807, 2.05) is 0 Å². The number of non-ortho nitro benzene ring substituents is 1. The first-order valence-corrected chi connectivity index (χ1v) is 10.3. The summed E-state index contributed by atoms with van der Waals surface area (Å²) < 4.78 is 4.95. The van der Waals surface area contributed by atoms with Gasteiger partial charge in [-0.15, -0.1) is 0 Å². The van der Waals surface area contributed by atoms with Crippen molar-refractivity contribution in [2.45, 2.75) is 26.3 Å². The van der Waals surface area contributed by atoms with Crippen LogP contribution in [0.2, 0.25) is 10.0 Å². The minimum absolute atomic E-state index is 0.0502. The second-order valence-corrected chi connectivity index (χ2v) is 7.70. The van der Waals surface area contributed by atoms with Gasteiger partial charge in [-0.05, 0) is 49.2 Å². The summed E-state index contributed by atoms with van der Waals surface area (Å²) in [5.41, 5.74) is 0.840. The van der Waals surface area contributed by atoms with Crippen molar-refractivity contribution >= 4 is 46.7 Å². The molecule has 2 amide bonds. The fourth-order valence-corrected chi connectivity index (χ4v) is 3.47. The van der Waals surface area contributed by atoms with Crippen molar-refractivity contribution < 1.29 is 24.0 Å². The van der Waals surface area contributed by atoms with Crippen molar-refractivity contribution in [1.29, 1.82) is 0 Å². The van der Waals surface area contributed by atoms with Gasteiger partial charge in [-0.25, -0.2) is 0 Å². The van der Waals surface area contributed by atoms with Crippen LogP contribution in [-0.4, -0.2) is 35.9 Å². The molecular weight excluding hydrogens is 461 g/mol. The average molecular weight is 482 g/mol. The van der Waals surface area contributed by atoms with Gasteiger partial charge >= 0.3 is 5.97 Å². The molecule has 0 radical (unpaired) electrons. The monoisotopic (exact) mass is 481 g/mol. The number of hydrogen-bond donors (Lipinski definition) is 2. The van der Waals surface area contributed by atoms with E-state index in [0.29, 0.717) is 21.2 Å². The number of hydrogen-bond acceptors (Lipinski definition) is 6. The number of benzene rings is 2. The van der Waals surface area contributed by atoms with E-state index < -0.39 is 35.3 Å². The summed E-state index contributed by atoms with van der Waals surface area (Å²) in [7, 11) is 0. The zero-order valence-corrected chi connectivity index (χ0v) is 18.8. The lowest BCUT2D eigenvalue weighted by molar-refractivity contribution is -0.384. The lowest BCUT2D eigenvalue weighted by atomic mass is 10.0. The summed E-state index contributed by atoms with van der Waals surface area (Å²) in [4.78, 5) is 47.2. The Hall–Kier alpha value is -3.17. The van der Waals surface area contributed by atoms with E-state index in [-0.39, 0.29) is 24.3 Å². The van der Waals surface area contributed by atoms with Crippen LogP contribution in [0.5, 0.6) is 0 Å². The van der Waals surface area contributed by atoms with Crippen LogP contribution in [0.4, 0.5) is 5.69 Å². The van der Waals surface area contributed by atoms with E-state index in [1.165, 1.54) is 18.2 Å². The second-order valence-electron chi connectivity index (χ2n) is 6.83. The number of nitrogens with one attached hydrogen (secondary N) is 2. The van der Waals surface area contributed by atoms with Crippen molar-refractivity contribution in [3.63, 3.8) is 0 Å². The molecule has 11 heteroatoms. The Kier molecular flexibility index (Phi) is 8.98. The van der Waals surface area contributed by atoms with Gasteiger partial charge in [0.1, 0.15) is 0 Å². The van der Waals surface area contributed by atoms with E-state index in [2.05, 4.69) is 10.6 Å². The smallest absolute Gasteiger partial charge is 0.308 e. The van der Waals surface area contributed by atoms with Crippen molar-refractivity contribution in [3.05, 3.63) is 73.2 Å². The number of ether oxygens (including phenoxy) is 1. The standard InChI is InChI=1S/C21H21Cl2N3O6/c1-3-32-20(28)10-18(13-6-15(22)9-16(23)7-13)25-19(27)11-24-21(29)14-4-12(2)5-17(8-14)26(30)31/h4-9,18H,3,10-11H2,1-2H3,(H,24,29)(H,25,27). The van der Waals surface area contributed by atoms with Crippen molar-refractivity contribution in [2.24, 2.45) is 0 Å². The van der Waals surface area contributed by atoms with Crippen LogP contribution in [-0.2, 0) is 14.3 Å². The third kappa shape index (κ3) is 7.51. The molecule has 2 aromatic carbocycles. The third-order valence-corrected chi connectivity index (χ3v) is 4.68. The molecule has 1 unspecified atom stereocenters. The van der Waals surface area contributed by atoms with Crippen LogP contribution in [0.1, 0.15) is 40.9 Å². The number of carbonyl (C=O) groups is 3. The Morgan fingerprint density at radius 3 is 2.34 bits per heavy atom. The zero-order valence-electron chi connectivity index (χ0n) is 17.3. The molecule has 0 aliphatic heterocycles. The average Bonchev–Trinajstić information content (AvgIpc) is 2.70. The number of esters is 1. The summed E-state index contributed by atoms with van der Waals surface area (Å²) in [5.74, 6) is -1.78. The molecule has 0 saturated heterocycles. The summed E-state index contributed by atoms with van der Waals surface area (Å²) in [5, 5.41) is 16.7. The molecule has 32 heavy (non-hydrogen) atoms. The molecule has 0 heterocycles. The minimum Gasteiger partial charge on any atom is -0.466 e. The lowest BCUT2D eigenvalue weighted by Gasteiger charge is -2.19. The molecule has 170 valence electrons. The number of aryl methyl sites for hydroxylation is 1. The highest BCUT2D eigenvalue weighted by Crippen LogP contribution is 2.26. The first-order chi connectivity index (χ1) is 15.1. The number of carbonyl (C=O) groups excluding carboxylic acids is 3. The Labute approximate surface area is 194 Å². The molecule has 0 fully saturated rings. The number of amides is 2. The van der Waals surface area contributed by atoms with Crippen LogP contribution in [0, 0.1) is 17.0 Å². The van der Waals surface area contributed by atoms with Crippen LogP contribution in [0.25, 0.3) is 0 Å². The molecule has 2 N–H and O–H groups in total. The second kappa shape index (κ2) is 11.4. The van der Waals surface area contributed by atoms with Gasteiger partial charge in [0.2, 0.25) is 5.91 Å². The van der Waals surface area contributed by atoms with Crippen LogP contribution >= 0.6 is 23.2 Å². The van der Waals surface area contributed by atoms with Gasteiger partial charge in [0, 0.05) is 27.7 Å². The highest BCUT2D eigenvalue weighted by atomic mass is 35.5. The Morgan fingerprint density at radius 1 is 1.09 bits per heavy atom. The highest BCUT2D eigenvalue weighted by Gasteiger charge is 2.21. The predicted molar refractivity (Wildman–Crippen MR) is 119 cm³/mol. The first kappa shape index (κ1) is 25.1. The Morgan fingerprint density at radius 2 is 1.75 bits per heavy atom. The fourth-order valence-electron chi connectivity index (χ4n) is 2.92. The molecule has 2 rings (SSSR count). The number of nitrogens with zero attached hydrogens (tertiary/aromatic N) is 1. The quantitative estimate of drug-likeness (QED) is 0.318. The maximum atomic E-state index is 12.5. The van der Waals surface area contributed by atoms with E-state index in [0.717, 1.165) is 6.07 Å². The van der Waals surface area contributed by atoms with E-state index in [1.54, 1.807) is 26.0 Å². The number of nitro groups is 1. The molecular formula is C21H21Cl2N3O6. The molecule has 0 bridgehead atoms. The number of nitro benzene ring substituents is 1. The van der Waals surface area contributed by atoms with Crippen molar-refractivity contribution in [2.75, 3.05) is 13.2 Å². The maximum absolute atomic E-state index is 12.5. The first-order valence-electron chi connectivity index (χ1n) is 9.54. The van der Waals surface area contributed by atoms with Gasteiger partial charge in [0.25, 0.3) is 11.6 Å². The number of halogens is 2. The van der Waals surface area contributed by atoms with E-state index in [4.69, 9.17) is 27.9 Å². The molecule has 0 saturated carbocycles. The number of rotatable bonds is 9. The summed E-state index contributed by atoms with van der Waals surface area (Å²) >= 11 is 12.1.